The summed E-state index contributed by atoms with van der Waals surface area (Å²) in [5.74, 6) is -0.760. The third-order valence-corrected chi connectivity index (χ3v) is 3.85. The van der Waals surface area contributed by atoms with Crippen LogP contribution in [0, 0.1) is 0 Å². The molecule has 0 aliphatic heterocycles. The molecule has 0 saturated carbocycles. The molecule has 0 bridgehead atoms. The highest BCUT2D eigenvalue weighted by Crippen LogP contribution is 2.11. The lowest BCUT2D eigenvalue weighted by Gasteiger charge is -2.08. The van der Waals surface area contributed by atoms with E-state index in [-0.39, 0.29) is 0 Å². The van der Waals surface area contributed by atoms with Crippen LogP contribution in [0.3, 0.4) is 0 Å². The summed E-state index contributed by atoms with van der Waals surface area (Å²) in [6, 6.07) is -0.414. The summed E-state index contributed by atoms with van der Waals surface area (Å²) in [6.45, 7) is 4.78. The molecule has 0 radical (unpaired) electrons. The standard InChI is InChI=1S/C17H35NO2/c1-3-4-5-6-7-8-9-10-11-12-13-14-15-18-16(2)17(19)20/h16,18H,3-15H2,1-2H3,(H,19,20)/t16-/m0/s1. The molecule has 3 nitrogen and oxygen atoms in total. The van der Waals surface area contributed by atoms with E-state index in [4.69, 9.17) is 5.11 Å². The maximum atomic E-state index is 10.6. The summed E-state index contributed by atoms with van der Waals surface area (Å²) in [6.07, 6.45) is 16.1. The van der Waals surface area contributed by atoms with E-state index in [0.717, 1.165) is 13.0 Å². The number of rotatable bonds is 15. The summed E-state index contributed by atoms with van der Waals surface area (Å²) in [5, 5.41) is 11.7. The second kappa shape index (κ2) is 14.8. The molecule has 0 saturated heterocycles. The molecule has 0 amide bonds. The highest BCUT2D eigenvalue weighted by Gasteiger charge is 2.07. The number of hydrogen-bond donors (Lipinski definition) is 2. The number of carboxylic acid groups (broad SMARTS) is 1. The minimum absolute atomic E-state index is 0.414. The van der Waals surface area contributed by atoms with Crippen molar-refractivity contribution in [1.82, 2.24) is 5.32 Å². The molecule has 0 fully saturated rings. The lowest BCUT2D eigenvalue weighted by Crippen LogP contribution is -2.34. The SMILES string of the molecule is CCCCCCCCCCCCCCN[C@@H](C)C(=O)O. The van der Waals surface area contributed by atoms with Crippen LogP contribution in [0.4, 0.5) is 0 Å². The zero-order chi connectivity index (χ0) is 15.1. The number of carbonyl (C=O) groups is 1. The maximum absolute atomic E-state index is 10.6. The van der Waals surface area contributed by atoms with Crippen LogP contribution < -0.4 is 5.32 Å². The van der Waals surface area contributed by atoms with Crippen LogP contribution in [0.1, 0.15) is 90.9 Å². The normalized spacial score (nSPS) is 12.5. The number of nitrogens with one attached hydrogen (secondary N) is 1. The van der Waals surface area contributed by atoms with E-state index in [1.807, 2.05) is 0 Å². The Morgan fingerprint density at radius 1 is 0.850 bits per heavy atom. The van der Waals surface area contributed by atoms with E-state index < -0.39 is 12.0 Å². The molecule has 3 heteroatoms. The van der Waals surface area contributed by atoms with E-state index in [1.165, 1.54) is 70.6 Å². The van der Waals surface area contributed by atoms with Crippen molar-refractivity contribution in [3.05, 3.63) is 0 Å². The van der Waals surface area contributed by atoms with Gasteiger partial charge in [0, 0.05) is 0 Å². The van der Waals surface area contributed by atoms with Crippen LogP contribution in [0.2, 0.25) is 0 Å². The number of aliphatic carboxylic acids is 1. The molecular formula is C17H35NO2. The van der Waals surface area contributed by atoms with Crippen molar-refractivity contribution in [2.24, 2.45) is 0 Å². The summed E-state index contributed by atoms with van der Waals surface area (Å²) in [7, 11) is 0. The van der Waals surface area contributed by atoms with Gasteiger partial charge >= 0.3 is 5.97 Å². The minimum atomic E-state index is -0.760. The van der Waals surface area contributed by atoms with Crippen LogP contribution in [-0.4, -0.2) is 23.7 Å². The van der Waals surface area contributed by atoms with Crippen LogP contribution in [-0.2, 0) is 4.79 Å². The Balaban J connectivity index is 3.04. The Kier molecular flexibility index (Phi) is 14.4. The largest absolute Gasteiger partial charge is 0.480 e. The Morgan fingerprint density at radius 3 is 1.65 bits per heavy atom. The summed E-state index contributed by atoms with van der Waals surface area (Å²) in [5.41, 5.74) is 0. The average molecular weight is 285 g/mol. The average Bonchev–Trinajstić information content (AvgIpc) is 2.43. The first-order chi connectivity index (χ1) is 9.68. The van der Waals surface area contributed by atoms with E-state index in [2.05, 4.69) is 12.2 Å². The van der Waals surface area contributed by atoms with Crippen molar-refractivity contribution < 1.29 is 9.90 Å². The molecule has 20 heavy (non-hydrogen) atoms. The third-order valence-electron chi connectivity index (χ3n) is 3.85. The highest BCUT2D eigenvalue weighted by molar-refractivity contribution is 5.72. The van der Waals surface area contributed by atoms with Gasteiger partial charge in [0.1, 0.15) is 6.04 Å². The topological polar surface area (TPSA) is 49.3 Å². The van der Waals surface area contributed by atoms with E-state index in [9.17, 15) is 4.79 Å². The summed E-state index contributed by atoms with van der Waals surface area (Å²) in [4.78, 5) is 10.6. The molecule has 0 aromatic rings. The molecular weight excluding hydrogens is 250 g/mol. The highest BCUT2D eigenvalue weighted by atomic mass is 16.4. The van der Waals surface area contributed by atoms with Gasteiger partial charge in [-0.25, -0.2) is 0 Å². The van der Waals surface area contributed by atoms with Crippen molar-refractivity contribution in [1.29, 1.82) is 0 Å². The molecule has 0 aliphatic rings. The van der Waals surface area contributed by atoms with Crippen molar-refractivity contribution in [2.75, 3.05) is 6.54 Å². The lowest BCUT2D eigenvalue weighted by atomic mass is 10.1. The third kappa shape index (κ3) is 13.9. The zero-order valence-electron chi connectivity index (χ0n) is 13.6. The number of hydrogen-bond acceptors (Lipinski definition) is 2. The lowest BCUT2D eigenvalue weighted by molar-refractivity contribution is -0.138. The van der Waals surface area contributed by atoms with Crippen molar-refractivity contribution >= 4 is 5.97 Å². The Bertz CT molecular complexity index is 219. The van der Waals surface area contributed by atoms with Gasteiger partial charge in [-0.1, -0.05) is 77.6 Å². The summed E-state index contributed by atoms with van der Waals surface area (Å²) >= 11 is 0. The Hall–Kier alpha value is -0.570. The molecule has 1 atom stereocenters. The van der Waals surface area contributed by atoms with Gasteiger partial charge in [-0.3, -0.25) is 4.79 Å². The molecule has 0 aromatic carbocycles. The molecule has 0 heterocycles. The van der Waals surface area contributed by atoms with Gasteiger partial charge < -0.3 is 10.4 Å². The predicted molar refractivity (Wildman–Crippen MR) is 86.2 cm³/mol. The fraction of sp³-hybridized carbons (Fsp3) is 0.941. The van der Waals surface area contributed by atoms with Gasteiger partial charge in [0.2, 0.25) is 0 Å². The predicted octanol–water partition coefficient (Wildman–Crippen LogP) is 4.75. The first-order valence-electron chi connectivity index (χ1n) is 8.64. The molecule has 0 spiro atoms. The fourth-order valence-corrected chi connectivity index (χ4v) is 2.37. The Morgan fingerprint density at radius 2 is 1.25 bits per heavy atom. The molecule has 0 unspecified atom stereocenters. The monoisotopic (exact) mass is 285 g/mol. The van der Waals surface area contributed by atoms with Crippen LogP contribution in [0.15, 0.2) is 0 Å². The van der Waals surface area contributed by atoms with Crippen LogP contribution in [0.5, 0.6) is 0 Å². The number of unbranched alkanes of at least 4 members (excludes halogenated alkanes) is 11. The second-order valence-electron chi connectivity index (χ2n) is 5.90. The van der Waals surface area contributed by atoms with Crippen LogP contribution in [0.25, 0.3) is 0 Å². The smallest absolute Gasteiger partial charge is 0.320 e. The summed E-state index contributed by atoms with van der Waals surface area (Å²) < 4.78 is 0. The second-order valence-corrected chi connectivity index (χ2v) is 5.90. The fourth-order valence-electron chi connectivity index (χ4n) is 2.37. The van der Waals surface area contributed by atoms with Crippen molar-refractivity contribution in [2.45, 2.75) is 96.9 Å². The first-order valence-corrected chi connectivity index (χ1v) is 8.64. The van der Waals surface area contributed by atoms with Gasteiger partial charge in [0.05, 0.1) is 0 Å². The van der Waals surface area contributed by atoms with E-state index >= 15 is 0 Å². The van der Waals surface area contributed by atoms with Gasteiger partial charge in [-0.2, -0.15) is 0 Å². The molecule has 120 valence electrons. The van der Waals surface area contributed by atoms with Gasteiger partial charge in [-0.15, -0.1) is 0 Å². The van der Waals surface area contributed by atoms with Gasteiger partial charge in [0.15, 0.2) is 0 Å². The Labute approximate surface area is 125 Å². The molecule has 0 aromatic heterocycles. The van der Waals surface area contributed by atoms with E-state index in [0.29, 0.717) is 0 Å². The zero-order valence-corrected chi connectivity index (χ0v) is 13.6. The molecule has 0 aliphatic carbocycles. The van der Waals surface area contributed by atoms with Crippen molar-refractivity contribution in [3.8, 4) is 0 Å². The maximum Gasteiger partial charge on any atom is 0.320 e. The van der Waals surface area contributed by atoms with Crippen LogP contribution >= 0.6 is 0 Å². The van der Waals surface area contributed by atoms with Gasteiger partial charge in [-0.05, 0) is 19.9 Å². The first kappa shape index (κ1) is 19.4. The quantitative estimate of drug-likeness (QED) is 0.427. The van der Waals surface area contributed by atoms with E-state index in [1.54, 1.807) is 6.92 Å². The number of carboxylic acids is 1. The van der Waals surface area contributed by atoms with Gasteiger partial charge in [0.25, 0.3) is 0 Å². The van der Waals surface area contributed by atoms with Crippen molar-refractivity contribution in [3.63, 3.8) is 0 Å². The molecule has 0 rings (SSSR count). The molecule has 2 N–H and O–H groups in total. The minimum Gasteiger partial charge on any atom is -0.480 e.